The van der Waals surface area contributed by atoms with Gasteiger partial charge in [-0.05, 0) is 76.6 Å². The van der Waals surface area contributed by atoms with E-state index in [4.69, 9.17) is 21.4 Å². The number of carbonyl (C=O) groups is 1. The summed E-state index contributed by atoms with van der Waals surface area (Å²) in [5.41, 5.74) is 13.3. The molecule has 3 aliphatic carbocycles. The predicted molar refractivity (Wildman–Crippen MR) is 182 cm³/mol. The van der Waals surface area contributed by atoms with Crippen molar-refractivity contribution in [2.24, 2.45) is 22.4 Å². The Balaban J connectivity index is 1.68. The molecule has 2 aromatic carbocycles. The third-order valence-corrected chi connectivity index (χ3v) is 10.6. The van der Waals surface area contributed by atoms with Crippen molar-refractivity contribution < 1.29 is 14.3 Å². The van der Waals surface area contributed by atoms with Crippen molar-refractivity contribution in [1.29, 1.82) is 0 Å². The molecule has 1 unspecified atom stereocenters. The van der Waals surface area contributed by atoms with Gasteiger partial charge in [-0.1, -0.05) is 87.6 Å². The second-order valence-electron chi connectivity index (χ2n) is 13.7. The molecule has 45 heavy (non-hydrogen) atoms. The number of nitrogens with zero attached hydrogens (tertiary/aromatic N) is 3. The van der Waals surface area contributed by atoms with Gasteiger partial charge in [-0.3, -0.25) is 4.79 Å². The fourth-order valence-electron chi connectivity index (χ4n) is 7.82. The van der Waals surface area contributed by atoms with Crippen molar-refractivity contribution in [3.63, 3.8) is 0 Å². The summed E-state index contributed by atoms with van der Waals surface area (Å²) >= 11 is 0. The molecule has 1 saturated carbocycles. The summed E-state index contributed by atoms with van der Waals surface area (Å²) in [7, 11) is 3.50. The number of amides is 1. The minimum absolute atomic E-state index is 0.00459. The zero-order valence-electron chi connectivity index (χ0n) is 27.9. The van der Waals surface area contributed by atoms with Crippen molar-refractivity contribution >= 4 is 5.91 Å². The summed E-state index contributed by atoms with van der Waals surface area (Å²) < 4.78 is 12.3. The molecule has 1 N–H and O–H groups in total. The number of allylic oxidation sites excluding steroid dienone is 1. The van der Waals surface area contributed by atoms with E-state index in [2.05, 4.69) is 97.5 Å². The third-order valence-electron chi connectivity index (χ3n) is 10.6. The number of azide groups is 1. The van der Waals surface area contributed by atoms with E-state index >= 15 is 0 Å². The molecule has 1 fully saturated rings. The number of rotatable bonds is 16. The maximum Gasteiger partial charge on any atom is 0.221 e. The molecule has 4 atom stereocenters. The van der Waals surface area contributed by atoms with E-state index in [-0.39, 0.29) is 28.6 Å². The van der Waals surface area contributed by atoms with E-state index in [1.165, 1.54) is 16.7 Å². The first kappa shape index (κ1) is 34.0. The Labute approximate surface area is 269 Å². The van der Waals surface area contributed by atoms with Gasteiger partial charge in [0.25, 0.3) is 0 Å². The van der Waals surface area contributed by atoms with Crippen LogP contribution >= 0.6 is 0 Å². The Morgan fingerprint density at radius 3 is 2.44 bits per heavy atom. The van der Waals surface area contributed by atoms with Crippen LogP contribution in [-0.2, 0) is 10.2 Å². The van der Waals surface area contributed by atoms with E-state index < -0.39 is 0 Å². The van der Waals surface area contributed by atoms with Crippen LogP contribution in [0.1, 0.15) is 101 Å². The zero-order valence-corrected chi connectivity index (χ0v) is 27.9. The highest BCUT2D eigenvalue weighted by molar-refractivity contribution is 5.76. The number of fused-ring (bicyclic) bond motifs is 1. The first-order valence-electron chi connectivity index (χ1n) is 16.3. The molecule has 1 amide bonds. The molecule has 0 spiro atoms. The topological polar surface area (TPSA) is 96.3 Å². The van der Waals surface area contributed by atoms with Gasteiger partial charge in [0.15, 0.2) is 0 Å². The predicted octanol–water partition coefficient (Wildman–Crippen LogP) is 8.85. The van der Waals surface area contributed by atoms with E-state index in [9.17, 15) is 4.79 Å². The standard InChI is InChI=1S/C38H50N4O3/c1-8-9-19-35(43)40-25-27-21-29(32-24-31(27)38(32,4)5)36-33(44-6)22-28(23-34(36)45-7)37(2,3)30(26-16-12-10-13-17-26)18-14-11-15-20-41-42-39/h1,10,12-13,16-17,21-23,29-32H,9,11,14-15,18-20,24-25H2,2-7H3,(H,40,43)/t29-,30?,31+,32-/m0/s1. The Morgan fingerprint density at radius 2 is 1.84 bits per heavy atom. The zero-order chi connectivity index (χ0) is 32.6. The second-order valence-corrected chi connectivity index (χ2v) is 13.7. The van der Waals surface area contributed by atoms with Gasteiger partial charge in [0, 0.05) is 42.3 Å². The van der Waals surface area contributed by atoms with Gasteiger partial charge in [0.1, 0.15) is 11.5 Å². The van der Waals surface area contributed by atoms with E-state index in [1.54, 1.807) is 14.2 Å². The average molecular weight is 611 g/mol. The number of ether oxygens (including phenoxy) is 2. The SMILES string of the molecule is C#CCCC(=O)NCC1=C[C@H](c2c(OC)cc(C(C)(C)C(CCCCCN=[N+]=[N-])c3ccccc3)cc2OC)[C@@H]2C[C@H]1C2(C)C. The normalized spacial score (nSPS) is 20.5. The van der Waals surface area contributed by atoms with Gasteiger partial charge >= 0.3 is 0 Å². The van der Waals surface area contributed by atoms with E-state index in [1.807, 2.05) is 0 Å². The summed E-state index contributed by atoms with van der Waals surface area (Å²) in [5, 5.41) is 6.81. The Hall–Kier alpha value is -3.88. The molecule has 0 radical (unpaired) electrons. The lowest BCUT2D eigenvalue weighted by molar-refractivity contribution is -0.121. The number of hydrogen-bond acceptors (Lipinski definition) is 4. The molecule has 7 nitrogen and oxygen atoms in total. The summed E-state index contributed by atoms with van der Waals surface area (Å²) in [6, 6.07) is 15.2. The van der Waals surface area contributed by atoms with Crippen LogP contribution in [0.15, 0.2) is 59.2 Å². The number of unbranched alkanes of at least 4 members (excludes halogenated alkanes) is 2. The number of terminal acetylenes is 1. The lowest BCUT2D eigenvalue weighted by Crippen LogP contribution is -2.52. The molecule has 2 aromatic rings. The average Bonchev–Trinajstić information content (AvgIpc) is 3.05. The first-order chi connectivity index (χ1) is 21.6. The van der Waals surface area contributed by atoms with E-state index in [0.29, 0.717) is 37.8 Å². The van der Waals surface area contributed by atoms with Crippen molar-refractivity contribution in [2.45, 2.75) is 89.9 Å². The van der Waals surface area contributed by atoms with Crippen molar-refractivity contribution in [3.8, 4) is 23.8 Å². The van der Waals surface area contributed by atoms with Crippen molar-refractivity contribution in [3.05, 3.63) is 81.2 Å². The summed E-state index contributed by atoms with van der Waals surface area (Å²) in [6.45, 7) is 10.4. The quantitative estimate of drug-likeness (QED) is 0.0513. The highest BCUT2D eigenvalue weighted by atomic mass is 16.5. The maximum atomic E-state index is 12.4. The van der Waals surface area contributed by atoms with Crippen LogP contribution in [0.5, 0.6) is 11.5 Å². The number of carbonyl (C=O) groups excluding carboxylic acids is 1. The van der Waals surface area contributed by atoms with Gasteiger partial charge < -0.3 is 14.8 Å². The molecule has 5 rings (SSSR count). The van der Waals surface area contributed by atoms with Crippen molar-refractivity contribution in [1.82, 2.24) is 5.32 Å². The van der Waals surface area contributed by atoms with Crippen LogP contribution in [-0.4, -0.2) is 33.2 Å². The maximum absolute atomic E-state index is 12.4. The van der Waals surface area contributed by atoms with Crippen LogP contribution in [0.4, 0.5) is 0 Å². The van der Waals surface area contributed by atoms with E-state index in [0.717, 1.165) is 49.2 Å². The largest absolute Gasteiger partial charge is 0.496 e. The van der Waals surface area contributed by atoms with Crippen molar-refractivity contribution in [2.75, 3.05) is 27.3 Å². The minimum Gasteiger partial charge on any atom is -0.496 e. The molecule has 3 aliphatic rings. The number of hydrogen-bond donors (Lipinski definition) is 1. The van der Waals surface area contributed by atoms with Gasteiger partial charge in [-0.2, -0.15) is 0 Å². The molecule has 0 heterocycles. The number of methoxy groups -OCH3 is 2. The second kappa shape index (κ2) is 14.9. The lowest BCUT2D eigenvalue weighted by atomic mass is 9.45. The summed E-state index contributed by atoms with van der Waals surface area (Å²) in [6.07, 6.45) is 13.6. The van der Waals surface area contributed by atoms with Gasteiger partial charge in [-0.15, -0.1) is 12.3 Å². The van der Waals surface area contributed by atoms with Crippen LogP contribution < -0.4 is 14.8 Å². The molecular formula is C38H50N4O3. The molecule has 0 aromatic heterocycles. The minimum atomic E-state index is -0.220. The monoisotopic (exact) mass is 610 g/mol. The highest BCUT2D eigenvalue weighted by Gasteiger charge is 2.56. The third kappa shape index (κ3) is 7.34. The Bertz CT molecular complexity index is 1420. The van der Waals surface area contributed by atoms with Gasteiger partial charge in [-0.25, -0.2) is 0 Å². The molecule has 7 heteroatoms. The summed E-state index contributed by atoms with van der Waals surface area (Å²) in [4.78, 5) is 15.3. The fraction of sp³-hybridized carbons (Fsp3) is 0.553. The Kier molecular flexibility index (Phi) is 11.3. The fourth-order valence-corrected chi connectivity index (χ4v) is 7.82. The first-order valence-corrected chi connectivity index (χ1v) is 16.3. The van der Waals surface area contributed by atoms with Crippen LogP contribution in [0.25, 0.3) is 10.4 Å². The molecular weight excluding hydrogens is 560 g/mol. The molecule has 240 valence electrons. The van der Waals surface area contributed by atoms with Crippen LogP contribution in [0.3, 0.4) is 0 Å². The van der Waals surface area contributed by atoms with Crippen LogP contribution in [0, 0.1) is 29.6 Å². The summed E-state index contributed by atoms with van der Waals surface area (Å²) in [5.74, 6) is 5.52. The molecule has 2 bridgehead atoms. The highest BCUT2D eigenvalue weighted by Crippen LogP contribution is 2.65. The molecule has 0 aliphatic heterocycles. The number of benzene rings is 2. The smallest absolute Gasteiger partial charge is 0.221 e. The van der Waals surface area contributed by atoms with Crippen LogP contribution in [0.2, 0.25) is 0 Å². The Morgan fingerprint density at radius 1 is 1.16 bits per heavy atom. The van der Waals surface area contributed by atoms with Gasteiger partial charge in [0.2, 0.25) is 5.91 Å². The lowest BCUT2D eigenvalue weighted by Gasteiger charge is -2.59. The number of nitrogens with one attached hydrogen (secondary N) is 1. The van der Waals surface area contributed by atoms with Gasteiger partial charge in [0.05, 0.1) is 14.2 Å². The molecule has 0 saturated heterocycles.